The van der Waals surface area contributed by atoms with Gasteiger partial charge in [0, 0.05) is 37.8 Å². The second kappa shape index (κ2) is 7.91. The summed E-state index contributed by atoms with van der Waals surface area (Å²) < 4.78 is 5.86. The third-order valence-electron chi connectivity index (χ3n) is 5.56. The molecular weight excluding hydrogens is 262 g/mol. The van der Waals surface area contributed by atoms with Crippen molar-refractivity contribution in [1.82, 2.24) is 9.80 Å². The third-order valence-corrected chi connectivity index (χ3v) is 5.56. The van der Waals surface area contributed by atoms with Gasteiger partial charge in [-0.1, -0.05) is 6.92 Å². The zero-order valence-corrected chi connectivity index (χ0v) is 14.3. The normalized spacial score (nSPS) is 32.0. The molecule has 2 heterocycles. The number of hydrogen-bond donors (Lipinski definition) is 1. The lowest BCUT2D eigenvalue weighted by atomic mass is 9.88. The Morgan fingerprint density at radius 2 is 2.10 bits per heavy atom. The maximum atomic E-state index is 6.28. The minimum atomic E-state index is 0.185. The molecule has 0 aromatic carbocycles. The Bertz CT molecular complexity index is 304. The van der Waals surface area contributed by atoms with Crippen molar-refractivity contribution in [3.8, 4) is 0 Å². The van der Waals surface area contributed by atoms with Crippen LogP contribution < -0.4 is 5.73 Å². The van der Waals surface area contributed by atoms with Crippen LogP contribution in [0.4, 0.5) is 0 Å². The topological polar surface area (TPSA) is 41.7 Å². The van der Waals surface area contributed by atoms with Crippen LogP contribution >= 0.6 is 0 Å². The van der Waals surface area contributed by atoms with E-state index in [9.17, 15) is 0 Å². The number of likely N-dealkylation sites (tertiary alicyclic amines) is 1. The molecule has 2 aliphatic heterocycles. The van der Waals surface area contributed by atoms with Crippen molar-refractivity contribution in [2.75, 3.05) is 39.3 Å². The van der Waals surface area contributed by atoms with Crippen LogP contribution in [0.25, 0.3) is 0 Å². The average molecular weight is 297 g/mol. The second-order valence-electron chi connectivity index (χ2n) is 7.09. The van der Waals surface area contributed by atoms with E-state index in [-0.39, 0.29) is 5.54 Å². The largest absolute Gasteiger partial charge is 0.377 e. The number of nitrogens with two attached hydrogens (primary N) is 1. The van der Waals surface area contributed by atoms with E-state index >= 15 is 0 Å². The summed E-state index contributed by atoms with van der Waals surface area (Å²) in [7, 11) is 0. The lowest BCUT2D eigenvalue weighted by molar-refractivity contribution is 0.0167. The first-order valence-corrected chi connectivity index (χ1v) is 8.92. The SMILES string of the molecule is CCN(CC1CCCO1)C1(CN)CCCN(C(C)C)CC1. The van der Waals surface area contributed by atoms with E-state index in [0.29, 0.717) is 12.1 Å². The van der Waals surface area contributed by atoms with E-state index in [4.69, 9.17) is 10.5 Å². The monoisotopic (exact) mass is 297 g/mol. The molecule has 2 rings (SSSR count). The molecular formula is C17H35N3O. The Balaban J connectivity index is 2.03. The van der Waals surface area contributed by atoms with Gasteiger partial charge in [0.2, 0.25) is 0 Å². The molecule has 21 heavy (non-hydrogen) atoms. The molecule has 0 saturated carbocycles. The van der Waals surface area contributed by atoms with Crippen LogP contribution in [0.5, 0.6) is 0 Å². The van der Waals surface area contributed by atoms with Crippen molar-refractivity contribution >= 4 is 0 Å². The molecule has 2 unspecified atom stereocenters. The van der Waals surface area contributed by atoms with E-state index in [1.807, 2.05) is 0 Å². The third kappa shape index (κ3) is 4.19. The number of hydrogen-bond acceptors (Lipinski definition) is 4. The number of ether oxygens (including phenoxy) is 1. The lowest BCUT2D eigenvalue weighted by Gasteiger charge is -2.44. The number of nitrogens with zero attached hydrogens (tertiary/aromatic N) is 2. The van der Waals surface area contributed by atoms with Crippen LogP contribution in [0.3, 0.4) is 0 Å². The summed E-state index contributed by atoms with van der Waals surface area (Å²) in [6, 6.07) is 0.645. The zero-order valence-electron chi connectivity index (χ0n) is 14.3. The molecule has 2 saturated heterocycles. The predicted octanol–water partition coefficient (Wildman–Crippen LogP) is 2.08. The summed E-state index contributed by atoms with van der Waals surface area (Å²) >= 11 is 0. The summed E-state index contributed by atoms with van der Waals surface area (Å²) in [5.74, 6) is 0. The van der Waals surface area contributed by atoms with Crippen molar-refractivity contribution in [3.63, 3.8) is 0 Å². The molecule has 0 aliphatic carbocycles. The minimum Gasteiger partial charge on any atom is -0.377 e. The maximum absolute atomic E-state index is 6.28. The van der Waals surface area contributed by atoms with Gasteiger partial charge < -0.3 is 15.4 Å². The molecule has 4 heteroatoms. The van der Waals surface area contributed by atoms with Gasteiger partial charge in [-0.2, -0.15) is 0 Å². The molecule has 2 atom stereocenters. The van der Waals surface area contributed by atoms with Gasteiger partial charge in [-0.05, 0) is 59.0 Å². The van der Waals surface area contributed by atoms with Crippen molar-refractivity contribution in [3.05, 3.63) is 0 Å². The van der Waals surface area contributed by atoms with Crippen molar-refractivity contribution in [1.29, 1.82) is 0 Å². The minimum absolute atomic E-state index is 0.185. The van der Waals surface area contributed by atoms with E-state index in [1.165, 1.54) is 45.2 Å². The molecule has 2 N–H and O–H groups in total. The Morgan fingerprint density at radius 3 is 2.67 bits per heavy atom. The smallest absolute Gasteiger partial charge is 0.0703 e. The average Bonchev–Trinajstić information content (AvgIpc) is 2.89. The summed E-state index contributed by atoms with van der Waals surface area (Å²) in [5, 5.41) is 0. The van der Waals surface area contributed by atoms with Crippen LogP contribution in [0.15, 0.2) is 0 Å². The highest BCUT2D eigenvalue weighted by Crippen LogP contribution is 2.30. The molecule has 0 bridgehead atoms. The van der Waals surface area contributed by atoms with E-state index < -0.39 is 0 Å². The highest BCUT2D eigenvalue weighted by molar-refractivity contribution is 4.95. The van der Waals surface area contributed by atoms with E-state index in [0.717, 1.165) is 26.2 Å². The Hall–Kier alpha value is -0.160. The maximum Gasteiger partial charge on any atom is 0.0703 e. The highest BCUT2D eigenvalue weighted by Gasteiger charge is 2.38. The fourth-order valence-corrected chi connectivity index (χ4v) is 4.06. The fraction of sp³-hybridized carbons (Fsp3) is 1.00. The van der Waals surface area contributed by atoms with Gasteiger partial charge in [-0.15, -0.1) is 0 Å². The first-order valence-electron chi connectivity index (χ1n) is 8.92. The standard InChI is InChI=1S/C17H35N3O/c1-4-20(13-16-7-5-12-21-16)17(14-18)8-6-10-19(11-9-17)15(2)3/h15-16H,4-14,18H2,1-3H3. The molecule has 2 aliphatic rings. The summed E-state index contributed by atoms with van der Waals surface area (Å²) in [6.45, 7) is 13.1. The Kier molecular flexibility index (Phi) is 6.48. The van der Waals surface area contributed by atoms with Gasteiger partial charge >= 0.3 is 0 Å². The molecule has 124 valence electrons. The van der Waals surface area contributed by atoms with Gasteiger partial charge in [0.15, 0.2) is 0 Å². The van der Waals surface area contributed by atoms with Crippen LogP contribution in [0, 0.1) is 0 Å². The van der Waals surface area contributed by atoms with Crippen molar-refractivity contribution in [2.45, 2.75) is 70.6 Å². The molecule has 0 radical (unpaired) electrons. The van der Waals surface area contributed by atoms with E-state index in [1.54, 1.807) is 0 Å². The fourth-order valence-electron chi connectivity index (χ4n) is 4.06. The molecule has 0 spiro atoms. The second-order valence-corrected chi connectivity index (χ2v) is 7.09. The predicted molar refractivity (Wildman–Crippen MR) is 88.6 cm³/mol. The van der Waals surface area contributed by atoms with Crippen LogP contribution in [-0.2, 0) is 4.74 Å². The highest BCUT2D eigenvalue weighted by atomic mass is 16.5. The quantitative estimate of drug-likeness (QED) is 0.815. The first kappa shape index (κ1) is 17.2. The summed E-state index contributed by atoms with van der Waals surface area (Å²) in [4.78, 5) is 5.24. The lowest BCUT2D eigenvalue weighted by Crippen LogP contribution is -2.56. The Labute approximate surface area is 131 Å². The van der Waals surface area contributed by atoms with Gasteiger partial charge in [-0.25, -0.2) is 0 Å². The van der Waals surface area contributed by atoms with Crippen LogP contribution in [0.2, 0.25) is 0 Å². The van der Waals surface area contributed by atoms with E-state index in [2.05, 4.69) is 30.6 Å². The Morgan fingerprint density at radius 1 is 1.29 bits per heavy atom. The summed E-state index contributed by atoms with van der Waals surface area (Å²) in [5.41, 5.74) is 6.46. The van der Waals surface area contributed by atoms with Gasteiger partial charge in [0.25, 0.3) is 0 Å². The zero-order chi connectivity index (χ0) is 15.3. The molecule has 2 fully saturated rings. The van der Waals surface area contributed by atoms with Crippen molar-refractivity contribution in [2.24, 2.45) is 5.73 Å². The number of likely N-dealkylation sites (N-methyl/N-ethyl adjacent to an activating group) is 1. The van der Waals surface area contributed by atoms with Gasteiger partial charge in [0.1, 0.15) is 0 Å². The van der Waals surface area contributed by atoms with Crippen LogP contribution in [0.1, 0.15) is 52.9 Å². The molecule has 0 aromatic rings. The van der Waals surface area contributed by atoms with Gasteiger partial charge in [0.05, 0.1) is 6.10 Å². The summed E-state index contributed by atoms with van der Waals surface area (Å²) in [6.07, 6.45) is 6.55. The molecule has 4 nitrogen and oxygen atoms in total. The van der Waals surface area contributed by atoms with Crippen LogP contribution in [-0.4, -0.2) is 66.8 Å². The molecule has 0 aromatic heterocycles. The van der Waals surface area contributed by atoms with Gasteiger partial charge in [-0.3, -0.25) is 4.90 Å². The number of rotatable bonds is 6. The first-order chi connectivity index (χ1) is 10.1. The van der Waals surface area contributed by atoms with Crippen molar-refractivity contribution < 1.29 is 4.74 Å². The molecule has 0 amide bonds.